The molecule has 1 amide bonds. The van der Waals surface area contributed by atoms with E-state index in [4.69, 9.17) is 9.47 Å². The highest BCUT2D eigenvalue weighted by Crippen LogP contribution is 2.41. The predicted molar refractivity (Wildman–Crippen MR) is 98.3 cm³/mol. The number of nitrogens with zero attached hydrogens (tertiary/aromatic N) is 2. The Balaban J connectivity index is 1.62. The number of aromatic amines is 1. The van der Waals surface area contributed by atoms with Crippen molar-refractivity contribution in [3.8, 4) is 0 Å². The van der Waals surface area contributed by atoms with Crippen LogP contribution in [0.5, 0.6) is 0 Å². The fourth-order valence-corrected chi connectivity index (χ4v) is 3.97. The van der Waals surface area contributed by atoms with Gasteiger partial charge < -0.3 is 19.8 Å². The van der Waals surface area contributed by atoms with Crippen molar-refractivity contribution >= 4 is 35.6 Å². The Morgan fingerprint density at radius 3 is 2.78 bits per heavy atom. The number of nitrogens with one attached hydrogen (secondary N) is 2. The van der Waals surface area contributed by atoms with Crippen molar-refractivity contribution in [2.24, 2.45) is 5.41 Å². The minimum absolute atomic E-state index is 0.216. The van der Waals surface area contributed by atoms with E-state index in [1.807, 2.05) is 0 Å². The molecule has 1 aromatic heterocycles. The zero-order valence-electron chi connectivity index (χ0n) is 15.6. The lowest BCUT2D eigenvalue weighted by Crippen LogP contribution is -2.67. The molecule has 0 bridgehead atoms. The maximum atomic E-state index is 12.6. The van der Waals surface area contributed by atoms with E-state index < -0.39 is 30.2 Å². The monoisotopic (exact) mass is 394 g/mol. The van der Waals surface area contributed by atoms with Crippen LogP contribution >= 0.6 is 11.8 Å². The molecule has 0 saturated carbocycles. The number of imidazole rings is 1. The van der Waals surface area contributed by atoms with Gasteiger partial charge in [-0.15, -0.1) is 11.8 Å². The Hall–Kier alpha value is -2.49. The summed E-state index contributed by atoms with van der Waals surface area (Å²) >= 11 is 1.56. The summed E-state index contributed by atoms with van der Waals surface area (Å²) in [5, 5.41) is 2.80. The van der Waals surface area contributed by atoms with Crippen molar-refractivity contribution < 1.29 is 23.9 Å². The summed E-state index contributed by atoms with van der Waals surface area (Å²) in [4.78, 5) is 45.2. The molecule has 1 aromatic rings. The molecule has 27 heavy (non-hydrogen) atoms. The van der Waals surface area contributed by atoms with Gasteiger partial charge in [0.05, 0.1) is 5.41 Å². The van der Waals surface area contributed by atoms with E-state index in [1.165, 1.54) is 4.90 Å². The van der Waals surface area contributed by atoms with E-state index in [0.29, 0.717) is 11.7 Å². The van der Waals surface area contributed by atoms with Crippen LogP contribution < -0.4 is 5.32 Å². The van der Waals surface area contributed by atoms with Gasteiger partial charge in [-0.1, -0.05) is 0 Å². The fourth-order valence-electron chi connectivity index (χ4n) is 2.68. The van der Waals surface area contributed by atoms with Crippen LogP contribution in [-0.2, 0) is 23.9 Å². The summed E-state index contributed by atoms with van der Waals surface area (Å²) in [7, 11) is 0. The first-order valence-electron chi connectivity index (χ1n) is 8.45. The SMILES string of the molecule is CC1=C(C(=O)OCOC(=O)C(C)(C)C)N2C(=O)C(Nc3ncc[nH]3)[C@H]2SC1. The molecule has 0 spiro atoms. The molecule has 1 fully saturated rings. The number of fused-ring (bicyclic) bond motifs is 1. The highest BCUT2D eigenvalue weighted by molar-refractivity contribution is 8.00. The molecule has 146 valence electrons. The van der Waals surface area contributed by atoms with Gasteiger partial charge in [0.25, 0.3) is 5.91 Å². The number of β-lactam (4-membered cyclic amide) rings is 1. The van der Waals surface area contributed by atoms with Crippen molar-refractivity contribution in [2.75, 3.05) is 17.9 Å². The van der Waals surface area contributed by atoms with Crippen LogP contribution in [0.15, 0.2) is 23.7 Å². The number of carbonyl (C=O) groups is 3. The Labute approximate surface area is 160 Å². The highest BCUT2D eigenvalue weighted by atomic mass is 32.2. The molecule has 10 heteroatoms. The number of carbonyl (C=O) groups excluding carboxylic acids is 3. The van der Waals surface area contributed by atoms with Crippen LogP contribution in [0.4, 0.5) is 5.95 Å². The molecule has 2 atom stereocenters. The third-order valence-electron chi connectivity index (χ3n) is 4.14. The first kappa shape index (κ1) is 19.3. The second-order valence-electron chi connectivity index (χ2n) is 7.33. The largest absolute Gasteiger partial charge is 0.427 e. The summed E-state index contributed by atoms with van der Waals surface area (Å²) in [6, 6.07) is -0.476. The number of rotatable bonds is 5. The second-order valence-corrected chi connectivity index (χ2v) is 8.43. The minimum Gasteiger partial charge on any atom is -0.427 e. The van der Waals surface area contributed by atoms with E-state index in [1.54, 1.807) is 51.9 Å². The molecule has 2 aliphatic heterocycles. The number of H-pyrrole nitrogens is 1. The van der Waals surface area contributed by atoms with E-state index in [0.717, 1.165) is 5.57 Å². The smallest absolute Gasteiger partial charge is 0.357 e. The van der Waals surface area contributed by atoms with Crippen LogP contribution in [-0.4, -0.2) is 56.7 Å². The van der Waals surface area contributed by atoms with Crippen molar-refractivity contribution in [2.45, 2.75) is 39.1 Å². The van der Waals surface area contributed by atoms with Gasteiger partial charge in [-0.3, -0.25) is 14.5 Å². The van der Waals surface area contributed by atoms with E-state index in [2.05, 4.69) is 15.3 Å². The van der Waals surface area contributed by atoms with Crippen molar-refractivity contribution in [1.29, 1.82) is 0 Å². The van der Waals surface area contributed by atoms with Gasteiger partial charge in [-0.05, 0) is 33.3 Å². The van der Waals surface area contributed by atoms with Crippen molar-refractivity contribution in [1.82, 2.24) is 14.9 Å². The molecular weight excluding hydrogens is 372 g/mol. The Kier molecular flexibility index (Phi) is 5.18. The molecule has 2 aliphatic rings. The first-order chi connectivity index (χ1) is 12.7. The third-order valence-corrected chi connectivity index (χ3v) is 5.56. The van der Waals surface area contributed by atoms with Gasteiger partial charge in [0.15, 0.2) is 0 Å². The summed E-state index contributed by atoms with van der Waals surface area (Å²) in [5.74, 6) is -0.290. The lowest BCUT2D eigenvalue weighted by molar-refractivity contribution is -0.173. The Morgan fingerprint density at radius 1 is 1.41 bits per heavy atom. The molecule has 0 radical (unpaired) electrons. The molecule has 3 rings (SSSR count). The topological polar surface area (TPSA) is 114 Å². The highest BCUT2D eigenvalue weighted by Gasteiger charge is 2.53. The van der Waals surface area contributed by atoms with Crippen LogP contribution in [0.3, 0.4) is 0 Å². The molecular formula is C17H22N4O5S. The number of ether oxygens (including phenoxy) is 2. The van der Waals surface area contributed by atoms with E-state index >= 15 is 0 Å². The summed E-state index contributed by atoms with van der Waals surface area (Å²) < 4.78 is 10.0. The van der Waals surface area contributed by atoms with Gasteiger partial charge in [0.1, 0.15) is 17.1 Å². The number of thioether (sulfide) groups is 1. The molecule has 1 unspecified atom stereocenters. The van der Waals surface area contributed by atoms with Crippen molar-refractivity contribution in [3.63, 3.8) is 0 Å². The minimum atomic E-state index is -0.688. The lowest BCUT2D eigenvalue weighted by atomic mass is 9.98. The first-order valence-corrected chi connectivity index (χ1v) is 9.49. The van der Waals surface area contributed by atoms with Gasteiger partial charge in [0, 0.05) is 18.1 Å². The number of anilines is 1. The molecule has 3 heterocycles. The van der Waals surface area contributed by atoms with E-state index in [-0.39, 0.29) is 17.0 Å². The fraction of sp³-hybridized carbons (Fsp3) is 0.529. The van der Waals surface area contributed by atoms with Gasteiger partial charge in [0.2, 0.25) is 12.7 Å². The number of hydrogen-bond acceptors (Lipinski definition) is 8. The molecule has 0 aliphatic carbocycles. The van der Waals surface area contributed by atoms with Crippen LogP contribution in [0.25, 0.3) is 0 Å². The number of hydrogen-bond donors (Lipinski definition) is 2. The maximum absolute atomic E-state index is 12.6. The molecule has 2 N–H and O–H groups in total. The van der Waals surface area contributed by atoms with Crippen molar-refractivity contribution in [3.05, 3.63) is 23.7 Å². The molecule has 9 nitrogen and oxygen atoms in total. The predicted octanol–water partition coefficient (Wildman–Crippen LogP) is 1.47. The third kappa shape index (κ3) is 3.80. The normalized spacial score (nSPS) is 22.1. The average molecular weight is 394 g/mol. The molecule has 1 saturated heterocycles. The zero-order chi connectivity index (χ0) is 19.8. The number of esters is 2. The summed E-state index contributed by atoms with van der Waals surface area (Å²) in [5.41, 5.74) is 0.271. The Morgan fingerprint density at radius 2 is 2.15 bits per heavy atom. The van der Waals surface area contributed by atoms with E-state index in [9.17, 15) is 14.4 Å². The standard InChI is InChI=1S/C17H22N4O5S/c1-9-7-27-13-10(20-16-18-5-6-19-16)12(22)21(13)11(9)14(23)25-8-26-15(24)17(2,3)4/h5-6,10,13H,7-8H2,1-4H3,(H2,18,19,20)/t10?,13-/m1/s1. The summed E-state index contributed by atoms with van der Waals surface area (Å²) in [6.07, 6.45) is 3.24. The van der Waals surface area contributed by atoms with Gasteiger partial charge in [-0.25, -0.2) is 9.78 Å². The summed E-state index contributed by atoms with van der Waals surface area (Å²) in [6.45, 7) is 6.41. The second kappa shape index (κ2) is 7.26. The average Bonchev–Trinajstić information content (AvgIpc) is 3.11. The van der Waals surface area contributed by atoms with Gasteiger partial charge in [-0.2, -0.15) is 0 Å². The van der Waals surface area contributed by atoms with Crippen LogP contribution in [0.2, 0.25) is 0 Å². The number of aromatic nitrogens is 2. The lowest BCUT2D eigenvalue weighted by Gasteiger charge is -2.49. The Bertz CT molecular complexity index is 784. The quantitative estimate of drug-likeness (QED) is 0.438. The molecule has 0 aromatic carbocycles. The van der Waals surface area contributed by atoms with Gasteiger partial charge >= 0.3 is 11.9 Å². The van der Waals surface area contributed by atoms with Crippen LogP contribution in [0.1, 0.15) is 27.7 Å². The zero-order valence-corrected chi connectivity index (χ0v) is 16.4. The van der Waals surface area contributed by atoms with Crippen LogP contribution in [0, 0.1) is 5.41 Å². The number of amides is 1. The maximum Gasteiger partial charge on any atom is 0.357 e.